The molecule has 0 saturated carbocycles. The highest BCUT2D eigenvalue weighted by atomic mass is 16.5. The molecule has 0 aromatic heterocycles. The molecule has 5 heteroatoms. The molecule has 0 aliphatic rings. The summed E-state index contributed by atoms with van der Waals surface area (Å²) in [5, 5.41) is 8.89. The molecule has 26 heavy (non-hydrogen) atoms. The summed E-state index contributed by atoms with van der Waals surface area (Å²) < 4.78 is 10.6. The van der Waals surface area contributed by atoms with Crippen LogP contribution in [0, 0.1) is 0 Å². The number of hydroxylamine groups is 1. The van der Waals surface area contributed by atoms with Gasteiger partial charge in [-0.1, -0.05) is 42.8 Å². The fourth-order valence-corrected chi connectivity index (χ4v) is 3.13. The van der Waals surface area contributed by atoms with Crippen molar-refractivity contribution in [1.82, 2.24) is 5.48 Å². The summed E-state index contributed by atoms with van der Waals surface area (Å²) in [6.07, 6.45) is 4.15. The Bertz CT molecular complexity index is 688. The largest absolute Gasteiger partial charge is 0.493 e. The maximum atomic E-state index is 11.7. The second-order valence-electron chi connectivity index (χ2n) is 6.28. The first-order valence-electron chi connectivity index (χ1n) is 8.86. The molecular formula is C21H27NO4. The fourth-order valence-electron chi connectivity index (χ4n) is 3.13. The Balaban J connectivity index is 2.02. The molecule has 140 valence electrons. The number of nitrogens with one attached hydrogen (secondary N) is 1. The van der Waals surface area contributed by atoms with Gasteiger partial charge in [-0.25, -0.2) is 5.48 Å². The third-order valence-electron chi connectivity index (χ3n) is 4.55. The van der Waals surface area contributed by atoms with Gasteiger partial charge in [-0.2, -0.15) is 0 Å². The number of carbonyl (C=O) groups is 1. The molecule has 2 N–H and O–H groups in total. The third kappa shape index (κ3) is 5.77. The Labute approximate surface area is 154 Å². The van der Waals surface area contributed by atoms with Crippen LogP contribution in [-0.4, -0.2) is 25.3 Å². The van der Waals surface area contributed by atoms with Crippen LogP contribution in [0.2, 0.25) is 0 Å². The minimum Gasteiger partial charge on any atom is -0.493 e. The molecule has 0 aliphatic heterocycles. The number of hydrogen-bond acceptors (Lipinski definition) is 4. The smallest absolute Gasteiger partial charge is 0.243 e. The van der Waals surface area contributed by atoms with Crippen molar-refractivity contribution < 1.29 is 19.5 Å². The van der Waals surface area contributed by atoms with Crippen LogP contribution in [0.4, 0.5) is 0 Å². The number of amides is 1. The average molecular weight is 357 g/mol. The van der Waals surface area contributed by atoms with Crippen molar-refractivity contribution in [3.63, 3.8) is 0 Å². The molecule has 0 fully saturated rings. The van der Waals surface area contributed by atoms with Gasteiger partial charge in [-0.05, 0) is 48.4 Å². The van der Waals surface area contributed by atoms with Gasteiger partial charge >= 0.3 is 0 Å². The molecular weight excluding hydrogens is 330 g/mol. The van der Waals surface area contributed by atoms with Crippen molar-refractivity contribution in [3.8, 4) is 11.5 Å². The molecule has 0 radical (unpaired) electrons. The zero-order valence-electron chi connectivity index (χ0n) is 15.4. The molecule has 0 spiro atoms. The lowest BCUT2D eigenvalue weighted by Gasteiger charge is -2.18. The first kappa shape index (κ1) is 19.8. The zero-order valence-corrected chi connectivity index (χ0v) is 15.4. The van der Waals surface area contributed by atoms with Gasteiger partial charge in [0.05, 0.1) is 14.2 Å². The van der Waals surface area contributed by atoms with E-state index in [0.717, 1.165) is 31.2 Å². The number of methoxy groups -OCH3 is 2. The molecule has 0 bridgehead atoms. The molecule has 1 unspecified atom stereocenters. The molecule has 0 saturated heterocycles. The minimum atomic E-state index is -0.382. The van der Waals surface area contributed by atoms with E-state index >= 15 is 0 Å². The molecule has 0 heterocycles. The quantitative estimate of drug-likeness (QED) is 0.382. The number of aryl methyl sites for hydroxylation is 1. The van der Waals surface area contributed by atoms with Gasteiger partial charge in [0.2, 0.25) is 5.91 Å². The van der Waals surface area contributed by atoms with E-state index < -0.39 is 0 Å². The van der Waals surface area contributed by atoms with Crippen LogP contribution in [0.5, 0.6) is 11.5 Å². The highest BCUT2D eigenvalue weighted by Gasteiger charge is 2.18. The Morgan fingerprint density at radius 2 is 1.77 bits per heavy atom. The highest BCUT2D eigenvalue weighted by Crippen LogP contribution is 2.34. The molecule has 1 atom stereocenters. The van der Waals surface area contributed by atoms with Crippen LogP contribution in [0.1, 0.15) is 42.7 Å². The number of benzene rings is 2. The maximum absolute atomic E-state index is 11.7. The van der Waals surface area contributed by atoms with Gasteiger partial charge in [0.25, 0.3) is 0 Å². The lowest BCUT2D eigenvalue weighted by molar-refractivity contribution is -0.129. The van der Waals surface area contributed by atoms with E-state index in [-0.39, 0.29) is 18.2 Å². The monoisotopic (exact) mass is 357 g/mol. The van der Waals surface area contributed by atoms with Crippen molar-refractivity contribution in [3.05, 3.63) is 59.7 Å². The molecule has 1 amide bonds. The number of ether oxygens (including phenoxy) is 2. The van der Waals surface area contributed by atoms with Crippen LogP contribution in [0.25, 0.3) is 0 Å². The zero-order chi connectivity index (χ0) is 18.8. The molecule has 0 aliphatic carbocycles. The Morgan fingerprint density at radius 1 is 1.04 bits per heavy atom. The summed E-state index contributed by atoms with van der Waals surface area (Å²) >= 11 is 0. The summed E-state index contributed by atoms with van der Waals surface area (Å²) in [6, 6.07) is 16.1. The van der Waals surface area contributed by atoms with E-state index in [4.69, 9.17) is 14.7 Å². The van der Waals surface area contributed by atoms with Crippen LogP contribution >= 0.6 is 0 Å². The number of carbonyl (C=O) groups excluding carboxylic acids is 1. The van der Waals surface area contributed by atoms with Gasteiger partial charge < -0.3 is 9.47 Å². The predicted octanol–water partition coefficient (Wildman–Crippen LogP) is 4.10. The van der Waals surface area contributed by atoms with E-state index in [1.54, 1.807) is 19.7 Å². The summed E-state index contributed by atoms with van der Waals surface area (Å²) in [5.41, 5.74) is 4.07. The normalized spacial score (nSPS) is 11.7. The molecule has 2 rings (SSSR count). The highest BCUT2D eigenvalue weighted by molar-refractivity contribution is 5.75. The second kappa shape index (κ2) is 10.5. The summed E-state index contributed by atoms with van der Waals surface area (Å²) in [4.78, 5) is 11.7. The SMILES string of the molecule is COc1ccc(C(CCCCc2ccccc2)CC(=O)NO)cc1OC. The van der Waals surface area contributed by atoms with Crippen LogP contribution in [0.3, 0.4) is 0 Å². The van der Waals surface area contributed by atoms with Crippen LogP contribution in [-0.2, 0) is 11.2 Å². The van der Waals surface area contributed by atoms with Crippen LogP contribution in [0.15, 0.2) is 48.5 Å². The Kier molecular flexibility index (Phi) is 7.96. The third-order valence-corrected chi connectivity index (χ3v) is 4.55. The van der Waals surface area contributed by atoms with Gasteiger partial charge in [-0.3, -0.25) is 10.0 Å². The second-order valence-corrected chi connectivity index (χ2v) is 6.28. The number of unbranched alkanes of at least 4 members (excludes halogenated alkanes) is 1. The van der Waals surface area contributed by atoms with E-state index in [9.17, 15) is 4.79 Å². The van der Waals surface area contributed by atoms with Gasteiger partial charge in [-0.15, -0.1) is 0 Å². The van der Waals surface area contributed by atoms with Gasteiger partial charge in [0, 0.05) is 6.42 Å². The Morgan fingerprint density at radius 3 is 2.42 bits per heavy atom. The van der Waals surface area contributed by atoms with Crippen molar-refractivity contribution >= 4 is 5.91 Å². The molecule has 5 nitrogen and oxygen atoms in total. The standard InChI is InChI=1S/C21H27NO4/c1-25-19-13-12-18(14-20(19)26-2)17(15-21(23)22-24)11-7-6-10-16-8-4-3-5-9-16/h3-5,8-9,12-14,17,24H,6-7,10-11,15H2,1-2H3,(H,22,23). The Hall–Kier alpha value is -2.53. The van der Waals surface area contributed by atoms with Gasteiger partial charge in [0.1, 0.15) is 0 Å². The summed E-state index contributed by atoms with van der Waals surface area (Å²) in [5.74, 6) is 0.931. The minimum absolute atomic E-state index is 0.0118. The van der Waals surface area contributed by atoms with E-state index in [2.05, 4.69) is 12.1 Å². The molecule has 2 aromatic rings. The lowest BCUT2D eigenvalue weighted by atomic mass is 9.89. The van der Waals surface area contributed by atoms with Crippen molar-refractivity contribution in [2.45, 2.75) is 38.0 Å². The van der Waals surface area contributed by atoms with E-state index in [0.29, 0.717) is 11.5 Å². The topological polar surface area (TPSA) is 67.8 Å². The van der Waals surface area contributed by atoms with Crippen molar-refractivity contribution in [2.75, 3.05) is 14.2 Å². The fraction of sp³-hybridized carbons (Fsp3) is 0.381. The summed E-state index contributed by atoms with van der Waals surface area (Å²) in [6.45, 7) is 0. The molecule has 2 aromatic carbocycles. The summed E-state index contributed by atoms with van der Waals surface area (Å²) in [7, 11) is 3.19. The maximum Gasteiger partial charge on any atom is 0.243 e. The van der Waals surface area contributed by atoms with Crippen molar-refractivity contribution in [1.29, 1.82) is 0 Å². The van der Waals surface area contributed by atoms with Crippen molar-refractivity contribution in [2.24, 2.45) is 0 Å². The first-order chi connectivity index (χ1) is 12.7. The first-order valence-corrected chi connectivity index (χ1v) is 8.86. The number of hydrogen-bond donors (Lipinski definition) is 2. The predicted molar refractivity (Wildman–Crippen MR) is 101 cm³/mol. The number of rotatable bonds is 10. The van der Waals surface area contributed by atoms with Crippen LogP contribution < -0.4 is 15.0 Å². The average Bonchev–Trinajstić information content (AvgIpc) is 2.70. The lowest BCUT2D eigenvalue weighted by Crippen LogP contribution is -2.21. The van der Waals surface area contributed by atoms with Gasteiger partial charge in [0.15, 0.2) is 11.5 Å². The van der Waals surface area contributed by atoms with E-state index in [1.165, 1.54) is 5.56 Å². The van der Waals surface area contributed by atoms with E-state index in [1.807, 2.05) is 36.4 Å².